The van der Waals surface area contributed by atoms with Crippen molar-refractivity contribution in [1.82, 2.24) is 10.6 Å². The summed E-state index contributed by atoms with van der Waals surface area (Å²) < 4.78 is 13.6. The minimum Gasteiger partial charge on any atom is -0.332 e. The number of anilines is 1. The molecule has 3 amide bonds. The van der Waals surface area contributed by atoms with Gasteiger partial charge in [0.1, 0.15) is 5.82 Å². The van der Waals surface area contributed by atoms with Crippen molar-refractivity contribution in [2.45, 2.75) is 49.9 Å². The molecule has 1 aromatic rings. The summed E-state index contributed by atoms with van der Waals surface area (Å²) in [6.07, 6.45) is 3.03. The molecule has 24 heavy (non-hydrogen) atoms. The first-order valence-electron chi connectivity index (χ1n) is 8.27. The molecular weight excluding hydrogens is 329 g/mol. The lowest BCUT2D eigenvalue weighted by Crippen LogP contribution is -2.36. The lowest BCUT2D eigenvalue weighted by atomic mass is 10.0. The highest BCUT2D eigenvalue weighted by Gasteiger charge is 2.42. The number of benzene rings is 1. The number of nitrogens with one attached hydrogen (secondary N) is 3. The minimum absolute atomic E-state index is 0.0742. The Morgan fingerprint density at radius 3 is 3.04 bits per heavy atom. The van der Waals surface area contributed by atoms with Crippen LogP contribution in [0.2, 0.25) is 0 Å². The zero-order valence-corrected chi connectivity index (χ0v) is 14.4. The van der Waals surface area contributed by atoms with Crippen LogP contribution in [0.3, 0.4) is 0 Å². The first-order valence-corrected chi connectivity index (χ1v) is 9.32. The van der Waals surface area contributed by atoms with Crippen LogP contribution in [0.25, 0.3) is 0 Å². The maximum atomic E-state index is 13.6. The zero-order chi connectivity index (χ0) is 17.1. The summed E-state index contributed by atoms with van der Waals surface area (Å²) in [7, 11) is 0. The molecule has 2 heterocycles. The maximum Gasteiger partial charge on any atom is 0.315 e. The van der Waals surface area contributed by atoms with E-state index in [-0.39, 0.29) is 29.7 Å². The van der Waals surface area contributed by atoms with Crippen molar-refractivity contribution in [2.24, 2.45) is 0 Å². The molecule has 0 saturated carbocycles. The molecule has 0 spiro atoms. The van der Waals surface area contributed by atoms with Crippen LogP contribution in [0.4, 0.5) is 14.9 Å². The van der Waals surface area contributed by atoms with Gasteiger partial charge in [-0.1, -0.05) is 12.5 Å². The van der Waals surface area contributed by atoms with Crippen LogP contribution in [0.15, 0.2) is 18.2 Å². The number of fused-ring (bicyclic) bond motifs is 1. The molecule has 3 atom stereocenters. The third-order valence-corrected chi connectivity index (χ3v) is 5.99. The predicted octanol–water partition coefficient (Wildman–Crippen LogP) is 2.80. The van der Waals surface area contributed by atoms with E-state index >= 15 is 0 Å². The molecule has 2 saturated heterocycles. The number of urea groups is 1. The average Bonchev–Trinajstić information content (AvgIpc) is 3.07. The minimum atomic E-state index is -0.410. The highest BCUT2D eigenvalue weighted by Crippen LogP contribution is 2.33. The Morgan fingerprint density at radius 1 is 1.38 bits per heavy atom. The Kier molecular flexibility index (Phi) is 5.28. The second kappa shape index (κ2) is 7.42. The van der Waals surface area contributed by atoms with Crippen LogP contribution in [0, 0.1) is 12.7 Å². The highest BCUT2D eigenvalue weighted by molar-refractivity contribution is 8.00. The van der Waals surface area contributed by atoms with Gasteiger partial charge in [0.25, 0.3) is 0 Å². The summed E-state index contributed by atoms with van der Waals surface area (Å²) in [5.74, 6) is 0.375. The molecule has 1 aromatic carbocycles. The number of thioether (sulfide) groups is 1. The number of halogens is 1. The maximum absolute atomic E-state index is 13.6. The fourth-order valence-corrected chi connectivity index (χ4v) is 4.77. The van der Waals surface area contributed by atoms with Gasteiger partial charge < -0.3 is 16.0 Å². The molecule has 5 nitrogen and oxygen atoms in total. The quantitative estimate of drug-likeness (QED) is 0.545. The van der Waals surface area contributed by atoms with E-state index in [0.717, 1.165) is 30.6 Å². The van der Waals surface area contributed by atoms with Gasteiger partial charge in [-0.3, -0.25) is 4.79 Å². The molecule has 0 unspecified atom stereocenters. The lowest BCUT2D eigenvalue weighted by Gasteiger charge is -2.16. The van der Waals surface area contributed by atoms with Crippen molar-refractivity contribution >= 4 is 29.4 Å². The molecule has 0 bridgehead atoms. The summed E-state index contributed by atoms with van der Waals surface area (Å²) in [6, 6.07) is 5.04. The van der Waals surface area contributed by atoms with E-state index in [9.17, 15) is 14.0 Å². The lowest BCUT2D eigenvalue weighted by molar-refractivity contribution is -0.116. The van der Waals surface area contributed by atoms with Gasteiger partial charge in [-0.25, -0.2) is 9.18 Å². The summed E-state index contributed by atoms with van der Waals surface area (Å²) in [6.45, 7) is 1.86. The van der Waals surface area contributed by atoms with Gasteiger partial charge in [-0.15, -0.1) is 0 Å². The number of amides is 3. The van der Waals surface area contributed by atoms with Crippen molar-refractivity contribution in [2.75, 3.05) is 11.1 Å². The third kappa shape index (κ3) is 4.01. The van der Waals surface area contributed by atoms with Crippen LogP contribution in [-0.4, -0.2) is 35.0 Å². The Balaban J connectivity index is 1.38. The highest BCUT2D eigenvalue weighted by atomic mass is 32.2. The monoisotopic (exact) mass is 351 g/mol. The molecule has 2 fully saturated rings. The van der Waals surface area contributed by atoms with Gasteiger partial charge in [0.15, 0.2) is 0 Å². The Hall–Kier alpha value is -1.76. The standard InChI is InChI=1S/C17H22FN3O2S/c1-10-6-7-11(18)12(8-10)19-15(22)5-3-2-4-14-16-13(9-24-14)20-17(23)21-16/h6-8,13-14,16H,2-5,9H2,1H3,(H,19,22)(H2,20,21,23)/t13-,14-,16-/m0/s1. The average molecular weight is 351 g/mol. The van der Waals surface area contributed by atoms with Crippen molar-refractivity contribution in [3.63, 3.8) is 0 Å². The van der Waals surface area contributed by atoms with E-state index in [1.165, 1.54) is 6.07 Å². The van der Waals surface area contributed by atoms with E-state index < -0.39 is 5.82 Å². The van der Waals surface area contributed by atoms with E-state index in [1.54, 1.807) is 12.1 Å². The summed E-state index contributed by atoms with van der Waals surface area (Å²) >= 11 is 1.87. The van der Waals surface area contributed by atoms with E-state index in [2.05, 4.69) is 16.0 Å². The van der Waals surface area contributed by atoms with E-state index in [4.69, 9.17) is 0 Å². The van der Waals surface area contributed by atoms with Crippen LogP contribution in [-0.2, 0) is 4.79 Å². The molecular formula is C17H22FN3O2S. The van der Waals surface area contributed by atoms with Crippen molar-refractivity contribution < 1.29 is 14.0 Å². The van der Waals surface area contributed by atoms with Gasteiger partial charge in [-0.05, 0) is 37.5 Å². The van der Waals surface area contributed by atoms with Crippen molar-refractivity contribution in [3.8, 4) is 0 Å². The van der Waals surface area contributed by atoms with E-state index in [1.807, 2.05) is 18.7 Å². The molecule has 0 radical (unpaired) electrons. The first-order chi connectivity index (χ1) is 11.5. The molecule has 3 N–H and O–H groups in total. The third-order valence-electron chi connectivity index (χ3n) is 4.48. The first kappa shape index (κ1) is 17.1. The number of rotatable bonds is 6. The van der Waals surface area contributed by atoms with Crippen LogP contribution in [0.5, 0.6) is 0 Å². The van der Waals surface area contributed by atoms with Gasteiger partial charge in [-0.2, -0.15) is 11.8 Å². The van der Waals surface area contributed by atoms with E-state index in [0.29, 0.717) is 11.7 Å². The number of aryl methyl sites for hydroxylation is 1. The van der Waals surface area contributed by atoms with Crippen LogP contribution < -0.4 is 16.0 Å². The van der Waals surface area contributed by atoms with Crippen molar-refractivity contribution in [1.29, 1.82) is 0 Å². The molecule has 0 aliphatic carbocycles. The fourth-order valence-electron chi connectivity index (χ4n) is 3.22. The summed E-state index contributed by atoms with van der Waals surface area (Å²) in [4.78, 5) is 23.3. The van der Waals surface area contributed by atoms with Gasteiger partial charge in [0.05, 0.1) is 17.8 Å². The SMILES string of the molecule is Cc1ccc(F)c(NC(=O)CCCC[C@@H]2SC[C@@H]3NC(=O)N[C@@H]32)c1. The molecule has 130 valence electrons. The summed E-state index contributed by atoms with van der Waals surface area (Å²) in [5, 5.41) is 8.93. The molecule has 0 aromatic heterocycles. The van der Waals surface area contributed by atoms with Crippen molar-refractivity contribution in [3.05, 3.63) is 29.6 Å². The molecule has 7 heteroatoms. The number of hydrogen-bond acceptors (Lipinski definition) is 3. The van der Waals surface area contributed by atoms with Gasteiger partial charge >= 0.3 is 6.03 Å². The Labute approximate surface area is 145 Å². The zero-order valence-electron chi connectivity index (χ0n) is 13.6. The Morgan fingerprint density at radius 2 is 2.21 bits per heavy atom. The second-order valence-corrected chi connectivity index (χ2v) is 7.67. The Bertz CT molecular complexity index is 640. The van der Waals surface area contributed by atoms with Gasteiger partial charge in [0.2, 0.25) is 5.91 Å². The normalized spacial score (nSPS) is 25.1. The number of carbonyl (C=O) groups excluding carboxylic acids is 2. The second-order valence-electron chi connectivity index (χ2n) is 6.40. The largest absolute Gasteiger partial charge is 0.332 e. The van der Waals surface area contributed by atoms with Crippen LogP contribution >= 0.6 is 11.8 Å². The van der Waals surface area contributed by atoms with Gasteiger partial charge in [0, 0.05) is 17.4 Å². The number of unbranched alkanes of at least 4 members (excludes halogenated alkanes) is 1. The molecule has 2 aliphatic rings. The number of hydrogen-bond donors (Lipinski definition) is 3. The molecule has 3 rings (SSSR count). The topological polar surface area (TPSA) is 70.2 Å². The van der Waals surface area contributed by atoms with Crippen LogP contribution in [0.1, 0.15) is 31.2 Å². The predicted molar refractivity (Wildman–Crippen MR) is 93.7 cm³/mol. The summed E-state index contributed by atoms with van der Waals surface area (Å²) in [5.41, 5.74) is 1.15. The molecule has 2 aliphatic heterocycles. The fraction of sp³-hybridized carbons (Fsp3) is 0.529. The smallest absolute Gasteiger partial charge is 0.315 e. The number of carbonyl (C=O) groups is 2.